The van der Waals surface area contributed by atoms with E-state index in [0.717, 1.165) is 22.8 Å². The number of rotatable bonds is 5. The van der Waals surface area contributed by atoms with Gasteiger partial charge in [0, 0.05) is 23.9 Å². The summed E-state index contributed by atoms with van der Waals surface area (Å²) in [6.07, 6.45) is 1.49. The van der Waals surface area contributed by atoms with E-state index in [0.29, 0.717) is 18.1 Å². The lowest BCUT2D eigenvalue weighted by Crippen LogP contribution is -2.08. The van der Waals surface area contributed by atoms with Gasteiger partial charge >= 0.3 is 0 Å². The van der Waals surface area contributed by atoms with Gasteiger partial charge in [-0.3, -0.25) is 0 Å². The van der Waals surface area contributed by atoms with Crippen molar-refractivity contribution < 1.29 is 9.47 Å². The molecule has 0 atom stereocenters. The van der Waals surface area contributed by atoms with Crippen LogP contribution in [-0.2, 0) is 6.54 Å². The first-order valence-electron chi connectivity index (χ1n) is 6.84. The molecule has 22 heavy (non-hydrogen) atoms. The van der Waals surface area contributed by atoms with Gasteiger partial charge in [-0.2, -0.15) is 14.6 Å². The maximum Gasteiger partial charge on any atom is 0.254 e. The highest BCUT2D eigenvalue weighted by atomic mass is 16.5. The number of anilines is 1. The first-order valence-corrected chi connectivity index (χ1v) is 6.84. The maximum absolute atomic E-state index is 5.44. The molecule has 114 valence electrons. The van der Waals surface area contributed by atoms with Crippen LogP contribution >= 0.6 is 0 Å². The zero-order valence-corrected chi connectivity index (χ0v) is 12.7. The van der Waals surface area contributed by atoms with Gasteiger partial charge in [0.1, 0.15) is 12.1 Å². The number of methoxy groups -OCH3 is 2. The van der Waals surface area contributed by atoms with E-state index in [4.69, 9.17) is 9.47 Å². The molecule has 7 nitrogen and oxygen atoms in total. The van der Waals surface area contributed by atoms with Crippen molar-refractivity contribution in [2.24, 2.45) is 0 Å². The molecule has 0 saturated carbocycles. The van der Waals surface area contributed by atoms with Crippen molar-refractivity contribution >= 4 is 11.6 Å². The lowest BCUT2D eigenvalue weighted by atomic mass is 10.2. The van der Waals surface area contributed by atoms with Crippen LogP contribution in [-0.4, -0.2) is 33.8 Å². The van der Waals surface area contributed by atoms with Crippen LogP contribution < -0.4 is 14.8 Å². The molecule has 1 aromatic carbocycles. The Balaban J connectivity index is 1.90. The molecule has 3 rings (SSSR count). The van der Waals surface area contributed by atoms with Crippen molar-refractivity contribution in [3.05, 3.63) is 41.9 Å². The number of hydrogen-bond donors (Lipinski definition) is 1. The summed E-state index contributed by atoms with van der Waals surface area (Å²) >= 11 is 0. The molecule has 2 aromatic heterocycles. The zero-order valence-electron chi connectivity index (χ0n) is 12.7. The summed E-state index contributed by atoms with van der Waals surface area (Å²) in [6.45, 7) is 2.49. The normalized spacial score (nSPS) is 10.7. The Bertz CT molecular complexity index is 800. The Kier molecular flexibility index (Phi) is 3.78. The topological polar surface area (TPSA) is 73.6 Å². The summed E-state index contributed by atoms with van der Waals surface area (Å²) in [6, 6.07) is 7.71. The highest BCUT2D eigenvalue weighted by Crippen LogP contribution is 2.31. The van der Waals surface area contributed by atoms with Crippen molar-refractivity contribution in [3.63, 3.8) is 0 Å². The second-order valence-electron chi connectivity index (χ2n) is 4.76. The van der Waals surface area contributed by atoms with Crippen molar-refractivity contribution in [2.75, 3.05) is 19.5 Å². The number of nitrogens with zero attached hydrogens (tertiary/aromatic N) is 4. The maximum atomic E-state index is 5.44. The van der Waals surface area contributed by atoms with Gasteiger partial charge in [-0.1, -0.05) is 12.1 Å². The predicted molar refractivity (Wildman–Crippen MR) is 82.4 cm³/mol. The molecular weight excluding hydrogens is 282 g/mol. The first kappa shape index (κ1) is 14.1. The molecule has 0 amide bonds. The van der Waals surface area contributed by atoms with Gasteiger partial charge in [-0.05, 0) is 13.0 Å². The van der Waals surface area contributed by atoms with E-state index in [1.807, 2.05) is 31.2 Å². The van der Waals surface area contributed by atoms with Crippen molar-refractivity contribution in [1.29, 1.82) is 0 Å². The van der Waals surface area contributed by atoms with Crippen LogP contribution in [0.15, 0.2) is 30.6 Å². The minimum Gasteiger partial charge on any atom is -0.493 e. The number of fused-ring (bicyclic) bond motifs is 1. The standard InChI is InChI=1S/C15H17N5O2/c1-10-7-13(20-15(19-10)17-9-18-20)16-8-11-5-4-6-12(21-2)14(11)22-3/h4-7,9,16H,8H2,1-3H3. The molecule has 0 bridgehead atoms. The van der Waals surface area contributed by atoms with Gasteiger partial charge < -0.3 is 14.8 Å². The second kappa shape index (κ2) is 5.88. The quantitative estimate of drug-likeness (QED) is 0.777. The smallest absolute Gasteiger partial charge is 0.254 e. The van der Waals surface area contributed by atoms with Gasteiger partial charge in [0.05, 0.1) is 14.2 Å². The van der Waals surface area contributed by atoms with E-state index in [2.05, 4.69) is 20.4 Å². The molecule has 0 aliphatic heterocycles. The Labute approximate surface area is 127 Å². The average molecular weight is 299 g/mol. The number of aryl methyl sites for hydroxylation is 1. The largest absolute Gasteiger partial charge is 0.493 e. The van der Waals surface area contributed by atoms with Crippen molar-refractivity contribution in [1.82, 2.24) is 19.6 Å². The highest BCUT2D eigenvalue weighted by Gasteiger charge is 2.10. The van der Waals surface area contributed by atoms with Crippen molar-refractivity contribution in [2.45, 2.75) is 13.5 Å². The van der Waals surface area contributed by atoms with Crippen LogP contribution in [0, 0.1) is 6.92 Å². The molecule has 2 heterocycles. The summed E-state index contributed by atoms with van der Waals surface area (Å²) in [5.74, 6) is 2.82. The van der Waals surface area contributed by atoms with Crippen molar-refractivity contribution in [3.8, 4) is 11.5 Å². The lowest BCUT2D eigenvalue weighted by molar-refractivity contribution is 0.352. The molecular formula is C15H17N5O2. The van der Waals surface area contributed by atoms with Gasteiger partial charge in [0.25, 0.3) is 5.78 Å². The van der Waals surface area contributed by atoms with Crippen LogP contribution in [0.1, 0.15) is 11.3 Å². The van der Waals surface area contributed by atoms with E-state index >= 15 is 0 Å². The second-order valence-corrected chi connectivity index (χ2v) is 4.76. The van der Waals surface area contributed by atoms with Gasteiger partial charge in [0.2, 0.25) is 0 Å². The Morgan fingerprint density at radius 1 is 1.23 bits per heavy atom. The third-order valence-electron chi connectivity index (χ3n) is 3.32. The SMILES string of the molecule is COc1cccc(CNc2cc(C)nc3ncnn23)c1OC. The molecule has 3 aromatic rings. The Morgan fingerprint density at radius 3 is 2.86 bits per heavy atom. The Morgan fingerprint density at radius 2 is 2.09 bits per heavy atom. The third kappa shape index (κ3) is 2.52. The number of benzene rings is 1. The Hall–Kier alpha value is -2.83. The highest BCUT2D eigenvalue weighted by molar-refractivity contribution is 5.50. The van der Waals surface area contributed by atoms with Gasteiger partial charge in [0.15, 0.2) is 11.5 Å². The zero-order chi connectivity index (χ0) is 15.5. The van der Waals surface area contributed by atoms with Crippen LogP contribution in [0.2, 0.25) is 0 Å². The van der Waals surface area contributed by atoms with E-state index in [1.54, 1.807) is 18.7 Å². The molecule has 0 radical (unpaired) electrons. The summed E-state index contributed by atoms with van der Waals surface area (Å²) in [5, 5.41) is 7.51. The van der Waals surface area contributed by atoms with Crippen LogP contribution in [0.5, 0.6) is 11.5 Å². The number of aromatic nitrogens is 4. The van der Waals surface area contributed by atoms with E-state index in [9.17, 15) is 0 Å². The van der Waals surface area contributed by atoms with E-state index in [1.165, 1.54) is 6.33 Å². The van der Waals surface area contributed by atoms with Gasteiger partial charge in [-0.15, -0.1) is 0 Å². The average Bonchev–Trinajstić information content (AvgIpc) is 3.00. The molecule has 0 aliphatic rings. The minimum absolute atomic E-state index is 0.568. The molecule has 0 aliphatic carbocycles. The molecule has 0 unspecified atom stereocenters. The number of para-hydroxylation sites is 1. The van der Waals surface area contributed by atoms with Crippen LogP contribution in [0.25, 0.3) is 5.78 Å². The fraction of sp³-hybridized carbons (Fsp3) is 0.267. The molecule has 1 N–H and O–H groups in total. The molecule has 0 fully saturated rings. The van der Waals surface area contributed by atoms with E-state index < -0.39 is 0 Å². The fourth-order valence-corrected chi connectivity index (χ4v) is 2.34. The van der Waals surface area contributed by atoms with Crippen LogP contribution in [0.4, 0.5) is 5.82 Å². The van der Waals surface area contributed by atoms with E-state index in [-0.39, 0.29) is 0 Å². The number of nitrogens with one attached hydrogen (secondary N) is 1. The predicted octanol–water partition coefficient (Wildman–Crippen LogP) is 2.06. The minimum atomic E-state index is 0.568. The molecule has 7 heteroatoms. The summed E-state index contributed by atoms with van der Waals surface area (Å²) in [5.41, 5.74) is 1.87. The van der Waals surface area contributed by atoms with Crippen LogP contribution in [0.3, 0.4) is 0 Å². The molecule has 0 saturated heterocycles. The third-order valence-corrected chi connectivity index (χ3v) is 3.32. The first-order chi connectivity index (χ1) is 10.7. The van der Waals surface area contributed by atoms with Gasteiger partial charge in [-0.25, -0.2) is 4.98 Å². The number of hydrogen-bond acceptors (Lipinski definition) is 6. The molecule has 0 spiro atoms. The summed E-state index contributed by atoms with van der Waals surface area (Å²) in [7, 11) is 3.26. The fourth-order valence-electron chi connectivity index (χ4n) is 2.34. The monoisotopic (exact) mass is 299 g/mol. The lowest BCUT2D eigenvalue weighted by Gasteiger charge is -2.14. The summed E-state index contributed by atoms with van der Waals surface area (Å²) in [4.78, 5) is 8.43. The number of ether oxygens (including phenoxy) is 2. The summed E-state index contributed by atoms with van der Waals surface area (Å²) < 4.78 is 12.4.